The smallest absolute Gasteiger partial charge is 0.173 e. The Bertz CT molecular complexity index is 835. The zero-order valence-electron chi connectivity index (χ0n) is 10.0. The molecule has 7 heteroatoms. The third-order valence-electron chi connectivity index (χ3n) is 2.81. The molecule has 0 fully saturated rings. The Kier molecular flexibility index (Phi) is 3.71. The minimum atomic E-state index is -0.446. The van der Waals surface area contributed by atoms with Gasteiger partial charge in [0.05, 0.1) is 15.3 Å². The van der Waals surface area contributed by atoms with Crippen molar-refractivity contribution in [1.29, 1.82) is 0 Å². The minimum Gasteiger partial charge on any atom is -0.224 e. The highest BCUT2D eigenvalue weighted by Gasteiger charge is 2.17. The first-order valence-corrected chi connectivity index (χ1v) is 7.97. The van der Waals surface area contributed by atoms with Gasteiger partial charge >= 0.3 is 0 Å². The Morgan fingerprint density at radius 3 is 2.65 bits per heavy atom. The quantitative estimate of drug-likeness (QED) is 0.484. The summed E-state index contributed by atoms with van der Waals surface area (Å²) < 4.78 is 14.6. The Morgan fingerprint density at radius 2 is 2.00 bits per heavy atom. The molecule has 20 heavy (non-hydrogen) atoms. The maximum Gasteiger partial charge on any atom is 0.173 e. The van der Waals surface area contributed by atoms with Crippen LogP contribution in [0.1, 0.15) is 5.56 Å². The van der Waals surface area contributed by atoms with Crippen LogP contribution >= 0.6 is 50.5 Å². The average molecular weight is 392 g/mol. The van der Waals surface area contributed by atoms with Gasteiger partial charge in [0.25, 0.3) is 0 Å². The molecular weight excluding hydrogens is 386 g/mol. The van der Waals surface area contributed by atoms with Gasteiger partial charge in [0.15, 0.2) is 5.82 Å². The van der Waals surface area contributed by atoms with Crippen molar-refractivity contribution >= 4 is 61.4 Å². The predicted octanol–water partition coefficient (Wildman–Crippen LogP) is 5.88. The van der Waals surface area contributed by atoms with E-state index in [0.717, 1.165) is 5.56 Å². The Labute approximate surface area is 136 Å². The average Bonchev–Trinajstić information content (AvgIpc) is 2.74. The normalized spacial score (nSPS) is 11.2. The molecule has 2 aromatic heterocycles. The first kappa shape index (κ1) is 14.2. The third kappa shape index (κ3) is 2.22. The Balaban J connectivity index is 2.35. The van der Waals surface area contributed by atoms with Crippen molar-refractivity contribution in [3.05, 3.63) is 43.5 Å². The van der Waals surface area contributed by atoms with Gasteiger partial charge in [0.1, 0.15) is 16.5 Å². The number of benzene rings is 1. The predicted molar refractivity (Wildman–Crippen MR) is 85.3 cm³/mol. The molecule has 3 aromatic rings. The van der Waals surface area contributed by atoms with Gasteiger partial charge in [-0.3, -0.25) is 0 Å². The van der Waals surface area contributed by atoms with Crippen LogP contribution in [0, 0.1) is 12.7 Å². The second-order valence-corrected chi connectivity index (χ2v) is 6.62. The summed E-state index contributed by atoms with van der Waals surface area (Å²) in [5.74, 6) is -0.110. The molecule has 0 radical (unpaired) electrons. The van der Waals surface area contributed by atoms with Crippen molar-refractivity contribution in [1.82, 2.24) is 9.97 Å². The number of rotatable bonds is 1. The lowest BCUT2D eigenvalue weighted by molar-refractivity contribution is 0.636. The van der Waals surface area contributed by atoms with Gasteiger partial charge < -0.3 is 0 Å². The van der Waals surface area contributed by atoms with E-state index in [0.29, 0.717) is 25.6 Å². The van der Waals surface area contributed by atoms with Crippen molar-refractivity contribution in [2.75, 3.05) is 0 Å². The van der Waals surface area contributed by atoms with Crippen LogP contribution in [0.25, 0.3) is 21.6 Å². The highest BCUT2D eigenvalue weighted by atomic mass is 79.9. The van der Waals surface area contributed by atoms with Gasteiger partial charge in [-0.15, -0.1) is 11.3 Å². The summed E-state index contributed by atoms with van der Waals surface area (Å²) in [5, 5.41) is 3.12. The summed E-state index contributed by atoms with van der Waals surface area (Å²) in [6.07, 6.45) is 0. The molecule has 2 nitrogen and oxygen atoms in total. The Hall–Kier alpha value is -0.750. The van der Waals surface area contributed by atoms with Crippen molar-refractivity contribution in [3.8, 4) is 10.7 Å². The summed E-state index contributed by atoms with van der Waals surface area (Å²) in [4.78, 5) is 9.18. The zero-order valence-corrected chi connectivity index (χ0v) is 14.0. The lowest BCUT2D eigenvalue weighted by Crippen LogP contribution is -1.94. The molecule has 3 rings (SSSR count). The fourth-order valence-corrected chi connectivity index (χ4v) is 3.91. The molecule has 0 aliphatic rings. The van der Waals surface area contributed by atoms with Gasteiger partial charge in [0, 0.05) is 4.47 Å². The van der Waals surface area contributed by atoms with Crippen LogP contribution in [0.3, 0.4) is 0 Å². The van der Waals surface area contributed by atoms with Crippen LogP contribution in [0.4, 0.5) is 4.39 Å². The third-order valence-corrected chi connectivity index (χ3v) is 5.44. The van der Waals surface area contributed by atoms with E-state index in [1.165, 1.54) is 17.4 Å². The summed E-state index contributed by atoms with van der Waals surface area (Å²) in [5.41, 5.74) is 1.11. The van der Waals surface area contributed by atoms with E-state index in [1.54, 1.807) is 6.07 Å². The van der Waals surface area contributed by atoms with Crippen molar-refractivity contribution in [3.63, 3.8) is 0 Å². The Morgan fingerprint density at radius 1 is 1.25 bits per heavy atom. The molecule has 2 heterocycles. The second-order valence-electron chi connectivity index (χ2n) is 4.15. The van der Waals surface area contributed by atoms with Crippen LogP contribution in [-0.2, 0) is 0 Å². The van der Waals surface area contributed by atoms with E-state index in [-0.39, 0.29) is 10.7 Å². The SMILES string of the molecule is Cc1csc(-c2nc(Cl)c3c(Br)ccc(F)c3n2)c1Cl. The molecule has 0 bridgehead atoms. The van der Waals surface area contributed by atoms with Crippen LogP contribution in [-0.4, -0.2) is 9.97 Å². The van der Waals surface area contributed by atoms with E-state index >= 15 is 0 Å². The summed E-state index contributed by atoms with van der Waals surface area (Å²) in [7, 11) is 0. The molecule has 0 amide bonds. The fourth-order valence-electron chi connectivity index (χ4n) is 1.81. The molecule has 0 N–H and O–H groups in total. The molecule has 0 aliphatic carbocycles. The fraction of sp³-hybridized carbons (Fsp3) is 0.0769. The highest BCUT2D eigenvalue weighted by Crippen LogP contribution is 2.37. The summed E-state index contributed by atoms with van der Waals surface area (Å²) >= 11 is 17.1. The summed E-state index contributed by atoms with van der Waals surface area (Å²) in [6, 6.07) is 2.91. The number of hydrogen-bond acceptors (Lipinski definition) is 3. The molecule has 0 saturated heterocycles. The maximum absolute atomic E-state index is 13.9. The van der Waals surface area contributed by atoms with Gasteiger partial charge in [0.2, 0.25) is 0 Å². The molecule has 0 unspecified atom stereocenters. The lowest BCUT2D eigenvalue weighted by atomic mass is 10.2. The number of thiophene rings is 1. The van der Waals surface area contributed by atoms with Crippen molar-refractivity contribution in [2.24, 2.45) is 0 Å². The molecule has 0 atom stereocenters. The van der Waals surface area contributed by atoms with E-state index in [2.05, 4.69) is 25.9 Å². The molecule has 1 aromatic carbocycles. The van der Waals surface area contributed by atoms with Crippen LogP contribution < -0.4 is 0 Å². The molecule has 0 aliphatic heterocycles. The second kappa shape index (κ2) is 5.22. The summed E-state index contributed by atoms with van der Waals surface area (Å²) in [6.45, 7) is 1.89. The minimum absolute atomic E-state index is 0.177. The maximum atomic E-state index is 13.9. The lowest BCUT2D eigenvalue weighted by Gasteiger charge is -2.06. The monoisotopic (exact) mass is 390 g/mol. The van der Waals surface area contributed by atoms with Gasteiger partial charge in [-0.1, -0.05) is 23.2 Å². The van der Waals surface area contributed by atoms with Crippen molar-refractivity contribution in [2.45, 2.75) is 6.92 Å². The molecule has 102 valence electrons. The number of aromatic nitrogens is 2. The van der Waals surface area contributed by atoms with Gasteiger partial charge in [-0.25, -0.2) is 14.4 Å². The van der Waals surface area contributed by atoms with Gasteiger partial charge in [-0.2, -0.15) is 0 Å². The van der Waals surface area contributed by atoms with Gasteiger partial charge in [-0.05, 0) is 45.9 Å². The standard InChI is InChI=1S/C13H6BrCl2FN2S/c1-5-4-20-11(9(5)15)13-18-10-7(17)3-2-6(14)8(10)12(16)19-13/h2-4H,1H3. The zero-order chi connectivity index (χ0) is 14.4. The molecule has 0 spiro atoms. The van der Waals surface area contributed by atoms with E-state index in [4.69, 9.17) is 23.2 Å². The van der Waals surface area contributed by atoms with E-state index in [9.17, 15) is 4.39 Å². The largest absolute Gasteiger partial charge is 0.224 e. The number of fused-ring (bicyclic) bond motifs is 1. The van der Waals surface area contributed by atoms with Crippen LogP contribution in [0.15, 0.2) is 22.0 Å². The number of halogens is 4. The van der Waals surface area contributed by atoms with Crippen LogP contribution in [0.5, 0.6) is 0 Å². The first-order valence-electron chi connectivity index (χ1n) is 5.54. The van der Waals surface area contributed by atoms with Crippen LogP contribution in [0.2, 0.25) is 10.2 Å². The van der Waals surface area contributed by atoms with E-state index in [1.807, 2.05) is 12.3 Å². The molecule has 0 saturated carbocycles. The first-order chi connectivity index (χ1) is 9.49. The topological polar surface area (TPSA) is 25.8 Å². The highest BCUT2D eigenvalue weighted by molar-refractivity contribution is 9.10. The number of nitrogens with zero attached hydrogens (tertiary/aromatic N) is 2. The number of hydrogen-bond donors (Lipinski definition) is 0. The number of aryl methyl sites for hydroxylation is 1. The van der Waals surface area contributed by atoms with E-state index < -0.39 is 5.82 Å². The molecular formula is C13H6BrCl2FN2S. The van der Waals surface area contributed by atoms with Crippen molar-refractivity contribution < 1.29 is 4.39 Å².